The zero-order valence-corrected chi connectivity index (χ0v) is 10.4. The van der Waals surface area contributed by atoms with Crippen LogP contribution < -0.4 is 11.1 Å². The van der Waals surface area contributed by atoms with Crippen LogP contribution in [0.5, 0.6) is 0 Å². The van der Waals surface area contributed by atoms with E-state index in [-0.39, 0.29) is 16.8 Å². The first-order valence-corrected chi connectivity index (χ1v) is 5.33. The highest BCUT2D eigenvalue weighted by molar-refractivity contribution is 6.01. The molecule has 0 bridgehead atoms. The van der Waals surface area contributed by atoms with Crippen molar-refractivity contribution in [3.63, 3.8) is 0 Å². The molecular formula is C12H14N2O5. The molecule has 0 aliphatic carbocycles. The first kappa shape index (κ1) is 14.7. The van der Waals surface area contributed by atoms with E-state index in [1.807, 2.05) is 0 Å². The van der Waals surface area contributed by atoms with E-state index >= 15 is 0 Å². The monoisotopic (exact) mass is 266 g/mol. The maximum absolute atomic E-state index is 11.7. The van der Waals surface area contributed by atoms with Gasteiger partial charge in [0.25, 0.3) is 0 Å². The van der Waals surface area contributed by atoms with Crippen LogP contribution in [0.3, 0.4) is 0 Å². The Morgan fingerprint density at radius 3 is 1.79 bits per heavy atom. The van der Waals surface area contributed by atoms with Crippen LogP contribution in [0.4, 0.5) is 5.69 Å². The molecule has 0 unspecified atom stereocenters. The molecule has 1 amide bonds. The summed E-state index contributed by atoms with van der Waals surface area (Å²) in [7, 11) is 0. The second-order valence-electron chi connectivity index (χ2n) is 4.59. The first-order valence-electron chi connectivity index (χ1n) is 5.33. The minimum Gasteiger partial charge on any atom is -0.478 e. The van der Waals surface area contributed by atoms with Gasteiger partial charge < -0.3 is 21.3 Å². The summed E-state index contributed by atoms with van der Waals surface area (Å²) in [6.45, 7) is 2.95. The topological polar surface area (TPSA) is 130 Å². The Bertz CT molecular complexity index is 513. The third kappa shape index (κ3) is 3.78. The summed E-state index contributed by atoms with van der Waals surface area (Å²) in [5, 5.41) is 20.1. The Kier molecular flexibility index (Phi) is 3.91. The lowest BCUT2D eigenvalue weighted by molar-refractivity contribution is -0.120. The number of rotatable bonds is 4. The highest BCUT2D eigenvalue weighted by atomic mass is 16.4. The molecule has 0 saturated heterocycles. The third-order valence-electron chi connectivity index (χ3n) is 2.27. The number of hydrogen-bond donors (Lipinski definition) is 4. The van der Waals surface area contributed by atoms with Gasteiger partial charge in [0.05, 0.1) is 16.7 Å². The molecule has 0 aromatic heterocycles. The van der Waals surface area contributed by atoms with Gasteiger partial charge >= 0.3 is 11.9 Å². The molecule has 7 heteroatoms. The van der Waals surface area contributed by atoms with Crippen molar-refractivity contribution >= 4 is 23.5 Å². The molecule has 1 aromatic carbocycles. The van der Waals surface area contributed by atoms with Gasteiger partial charge in [-0.05, 0) is 32.0 Å². The molecule has 0 radical (unpaired) electrons. The van der Waals surface area contributed by atoms with Crippen LogP contribution in [-0.4, -0.2) is 33.6 Å². The number of nitrogens with one attached hydrogen (secondary N) is 1. The van der Waals surface area contributed by atoms with Crippen molar-refractivity contribution in [1.82, 2.24) is 0 Å². The summed E-state index contributed by atoms with van der Waals surface area (Å²) >= 11 is 0. The van der Waals surface area contributed by atoms with E-state index in [1.165, 1.54) is 26.0 Å². The highest BCUT2D eigenvalue weighted by Crippen LogP contribution is 2.16. The largest absolute Gasteiger partial charge is 0.478 e. The van der Waals surface area contributed by atoms with Crippen molar-refractivity contribution in [1.29, 1.82) is 0 Å². The molecule has 0 aliphatic heterocycles. The fraction of sp³-hybridized carbons (Fsp3) is 0.250. The zero-order valence-electron chi connectivity index (χ0n) is 10.4. The molecule has 0 aliphatic rings. The number of anilines is 1. The van der Waals surface area contributed by atoms with E-state index < -0.39 is 23.4 Å². The van der Waals surface area contributed by atoms with Crippen LogP contribution in [-0.2, 0) is 4.79 Å². The highest BCUT2D eigenvalue weighted by Gasteiger charge is 2.22. The molecule has 0 spiro atoms. The standard InChI is InChI=1S/C12H14N2O5/c1-12(2,13)11(19)14-8-4-6(9(15)16)3-7(5-8)10(17)18/h3-5H,13H2,1-2H3,(H,14,19)(H,15,16)(H,17,18). The van der Waals surface area contributed by atoms with Crippen molar-refractivity contribution in [3.8, 4) is 0 Å². The number of benzene rings is 1. The minimum atomic E-state index is -1.29. The van der Waals surface area contributed by atoms with Gasteiger partial charge in [-0.3, -0.25) is 4.79 Å². The van der Waals surface area contributed by atoms with Crippen molar-refractivity contribution in [2.75, 3.05) is 5.32 Å². The van der Waals surface area contributed by atoms with Crippen molar-refractivity contribution in [3.05, 3.63) is 29.3 Å². The normalized spacial score (nSPS) is 10.9. The van der Waals surface area contributed by atoms with Crippen molar-refractivity contribution in [2.24, 2.45) is 5.73 Å². The lowest BCUT2D eigenvalue weighted by atomic mass is 10.1. The fourth-order valence-electron chi connectivity index (χ4n) is 1.24. The predicted molar refractivity (Wildman–Crippen MR) is 67.3 cm³/mol. The minimum absolute atomic E-state index is 0.0702. The van der Waals surface area contributed by atoms with Crippen LogP contribution in [0.25, 0.3) is 0 Å². The van der Waals surface area contributed by atoms with Crippen molar-refractivity contribution in [2.45, 2.75) is 19.4 Å². The van der Waals surface area contributed by atoms with Gasteiger partial charge in [-0.1, -0.05) is 0 Å². The molecule has 0 heterocycles. The first-order chi connectivity index (χ1) is 8.61. The van der Waals surface area contributed by atoms with Gasteiger partial charge in [0.2, 0.25) is 5.91 Å². The molecule has 7 nitrogen and oxygen atoms in total. The van der Waals surface area contributed by atoms with Gasteiger partial charge in [0.1, 0.15) is 0 Å². The average molecular weight is 266 g/mol. The molecular weight excluding hydrogens is 252 g/mol. The summed E-state index contributed by atoms with van der Waals surface area (Å²) in [5.74, 6) is -3.12. The van der Waals surface area contributed by atoms with Crippen LogP contribution >= 0.6 is 0 Å². The number of carboxylic acid groups (broad SMARTS) is 2. The Balaban J connectivity index is 3.17. The van der Waals surface area contributed by atoms with Crippen LogP contribution in [0, 0.1) is 0 Å². The van der Waals surface area contributed by atoms with E-state index in [0.29, 0.717) is 0 Å². The summed E-state index contributed by atoms with van der Waals surface area (Å²) in [6, 6.07) is 3.34. The molecule has 1 rings (SSSR count). The third-order valence-corrected chi connectivity index (χ3v) is 2.27. The molecule has 5 N–H and O–H groups in total. The Morgan fingerprint density at radius 2 is 1.47 bits per heavy atom. The molecule has 0 saturated carbocycles. The second-order valence-corrected chi connectivity index (χ2v) is 4.59. The molecule has 19 heavy (non-hydrogen) atoms. The summed E-state index contributed by atoms with van der Waals surface area (Å²) < 4.78 is 0. The number of carbonyl (C=O) groups excluding carboxylic acids is 1. The Hall–Kier alpha value is -2.41. The molecule has 102 valence electrons. The molecule has 1 aromatic rings. The predicted octanol–water partition coefficient (Wildman–Crippen LogP) is 0.759. The smallest absolute Gasteiger partial charge is 0.335 e. The molecule has 0 atom stereocenters. The maximum Gasteiger partial charge on any atom is 0.335 e. The number of carboxylic acids is 2. The fourth-order valence-corrected chi connectivity index (χ4v) is 1.24. The number of amides is 1. The summed E-state index contributed by atoms with van der Waals surface area (Å²) in [4.78, 5) is 33.4. The lowest BCUT2D eigenvalue weighted by Gasteiger charge is -2.18. The quantitative estimate of drug-likeness (QED) is 0.636. The van der Waals surface area contributed by atoms with Crippen LogP contribution in [0.1, 0.15) is 34.6 Å². The van der Waals surface area contributed by atoms with Gasteiger partial charge in [-0.15, -0.1) is 0 Å². The van der Waals surface area contributed by atoms with E-state index in [9.17, 15) is 14.4 Å². The van der Waals surface area contributed by atoms with E-state index in [2.05, 4.69) is 5.32 Å². The number of aromatic carboxylic acids is 2. The number of carbonyl (C=O) groups is 3. The molecule has 0 fully saturated rings. The zero-order chi connectivity index (χ0) is 14.8. The number of hydrogen-bond acceptors (Lipinski definition) is 4. The van der Waals surface area contributed by atoms with Gasteiger partial charge in [0, 0.05) is 5.69 Å². The van der Waals surface area contributed by atoms with Gasteiger partial charge in [-0.25, -0.2) is 9.59 Å². The van der Waals surface area contributed by atoms with Gasteiger partial charge in [0.15, 0.2) is 0 Å². The van der Waals surface area contributed by atoms with Crippen molar-refractivity contribution < 1.29 is 24.6 Å². The van der Waals surface area contributed by atoms with Crippen LogP contribution in [0.15, 0.2) is 18.2 Å². The van der Waals surface area contributed by atoms with Crippen LogP contribution in [0.2, 0.25) is 0 Å². The maximum atomic E-state index is 11.7. The van der Waals surface area contributed by atoms with E-state index in [0.717, 1.165) is 6.07 Å². The van der Waals surface area contributed by atoms with Gasteiger partial charge in [-0.2, -0.15) is 0 Å². The van der Waals surface area contributed by atoms with E-state index in [4.69, 9.17) is 15.9 Å². The average Bonchev–Trinajstić information content (AvgIpc) is 2.27. The Labute approximate surface area is 109 Å². The number of nitrogens with two attached hydrogens (primary N) is 1. The lowest BCUT2D eigenvalue weighted by Crippen LogP contribution is -2.45. The Morgan fingerprint density at radius 1 is 1.05 bits per heavy atom. The SMILES string of the molecule is CC(C)(N)C(=O)Nc1cc(C(=O)O)cc(C(=O)O)c1. The van der Waals surface area contributed by atoms with E-state index in [1.54, 1.807) is 0 Å². The second kappa shape index (κ2) is 5.07. The summed E-state index contributed by atoms with van der Waals surface area (Å²) in [5.41, 5.74) is 4.02. The summed E-state index contributed by atoms with van der Waals surface area (Å²) in [6.07, 6.45) is 0.